The SMILES string of the molecule is CN1CC(C(=O)Nc2cccc(Cl)c2)C(c2ccc(/C=C/C(=O)Nc3ccccc3N)cc2)C1. The molecule has 2 unspecified atom stereocenters. The number of halogens is 1. The quantitative estimate of drug-likeness (QED) is 0.352. The highest BCUT2D eigenvalue weighted by molar-refractivity contribution is 6.30. The van der Waals surface area contributed by atoms with E-state index >= 15 is 0 Å². The Kier molecular flexibility index (Phi) is 7.30. The number of benzene rings is 3. The lowest BCUT2D eigenvalue weighted by molar-refractivity contribution is -0.119. The van der Waals surface area contributed by atoms with Crippen molar-refractivity contribution in [3.63, 3.8) is 0 Å². The van der Waals surface area contributed by atoms with Crippen molar-refractivity contribution in [3.05, 3.63) is 95.0 Å². The van der Waals surface area contributed by atoms with E-state index in [4.69, 9.17) is 17.3 Å². The number of anilines is 3. The molecule has 6 nitrogen and oxygen atoms in total. The van der Waals surface area contributed by atoms with Gasteiger partial charge in [0.2, 0.25) is 11.8 Å². The second-order valence-corrected chi connectivity index (χ2v) is 8.95. The third-order valence-electron chi connectivity index (χ3n) is 5.94. The molecular formula is C27H27ClN4O2. The van der Waals surface area contributed by atoms with Crippen LogP contribution in [0.25, 0.3) is 6.08 Å². The first kappa shape index (κ1) is 23.5. The van der Waals surface area contributed by atoms with Crippen molar-refractivity contribution in [1.29, 1.82) is 0 Å². The van der Waals surface area contributed by atoms with Crippen LogP contribution in [0.3, 0.4) is 0 Å². The summed E-state index contributed by atoms with van der Waals surface area (Å²) in [7, 11) is 2.02. The molecule has 1 saturated heterocycles. The van der Waals surface area contributed by atoms with Gasteiger partial charge >= 0.3 is 0 Å². The molecule has 1 fully saturated rings. The minimum Gasteiger partial charge on any atom is -0.397 e. The summed E-state index contributed by atoms with van der Waals surface area (Å²) in [4.78, 5) is 27.4. The average Bonchev–Trinajstić information content (AvgIpc) is 3.21. The summed E-state index contributed by atoms with van der Waals surface area (Å²) >= 11 is 6.05. The van der Waals surface area contributed by atoms with Crippen molar-refractivity contribution in [3.8, 4) is 0 Å². The molecule has 174 valence electrons. The Morgan fingerprint density at radius 1 is 1.00 bits per heavy atom. The van der Waals surface area contributed by atoms with E-state index in [0.29, 0.717) is 28.6 Å². The van der Waals surface area contributed by atoms with Crippen LogP contribution in [0, 0.1) is 5.92 Å². The molecule has 4 N–H and O–H groups in total. The lowest BCUT2D eigenvalue weighted by atomic mass is 9.88. The van der Waals surface area contributed by atoms with Crippen LogP contribution in [0.15, 0.2) is 78.9 Å². The molecule has 0 aromatic heterocycles. The van der Waals surface area contributed by atoms with Crippen LogP contribution in [0.4, 0.5) is 17.1 Å². The molecule has 3 aromatic carbocycles. The zero-order chi connectivity index (χ0) is 24.1. The van der Waals surface area contributed by atoms with Crippen LogP contribution >= 0.6 is 11.6 Å². The summed E-state index contributed by atoms with van der Waals surface area (Å²) < 4.78 is 0. The van der Waals surface area contributed by atoms with Crippen LogP contribution in [0.1, 0.15) is 17.0 Å². The molecule has 0 radical (unpaired) electrons. The van der Waals surface area contributed by atoms with Crippen molar-refractivity contribution >= 4 is 46.6 Å². The number of carbonyl (C=O) groups excluding carboxylic acids is 2. The Morgan fingerprint density at radius 3 is 2.50 bits per heavy atom. The summed E-state index contributed by atoms with van der Waals surface area (Å²) in [5, 5.41) is 6.36. The first-order chi connectivity index (χ1) is 16.4. The van der Waals surface area contributed by atoms with E-state index in [9.17, 15) is 9.59 Å². The number of nitrogens with two attached hydrogens (primary N) is 1. The van der Waals surface area contributed by atoms with Gasteiger partial charge in [-0.05, 0) is 54.6 Å². The predicted octanol–water partition coefficient (Wildman–Crippen LogP) is 4.86. The van der Waals surface area contributed by atoms with Gasteiger partial charge in [0.1, 0.15) is 0 Å². The first-order valence-corrected chi connectivity index (χ1v) is 11.5. The van der Waals surface area contributed by atoms with Gasteiger partial charge in [0, 0.05) is 35.8 Å². The Morgan fingerprint density at radius 2 is 1.76 bits per heavy atom. The minimum atomic E-state index is -0.253. The number of hydrogen-bond donors (Lipinski definition) is 3. The van der Waals surface area contributed by atoms with Gasteiger partial charge in [-0.25, -0.2) is 0 Å². The van der Waals surface area contributed by atoms with Crippen molar-refractivity contribution in [2.75, 3.05) is 36.5 Å². The first-order valence-electron chi connectivity index (χ1n) is 11.1. The second-order valence-electron chi connectivity index (χ2n) is 8.51. The number of hydrogen-bond acceptors (Lipinski definition) is 4. The smallest absolute Gasteiger partial charge is 0.248 e. The number of likely N-dealkylation sites (tertiary alicyclic amines) is 1. The molecule has 2 atom stereocenters. The van der Waals surface area contributed by atoms with E-state index in [1.807, 2.05) is 55.6 Å². The second kappa shape index (κ2) is 10.5. The topological polar surface area (TPSA) is 87.5 Å². The number of nitrogens with zero attached hydrogens (tertiary/aromatic N) is 1. The van der Waals surface area contributed by atoms with Crippen molar-refractivity contribution in [1.82, 2.24) is 4.90 Å². The molecule has 2 amide bonds. The monoisotopic (exact) mass is 474 g/mol. The van der Waals surface area contributed by atoms with Crippen LogP contribution in [-0.2, 0) is 9.59 Å². The van der Waals surface area contributed by atoms with Crippen molar-refractivity contribution in [2.24, 2.45) is 5.92 Å². The van der Waals surface area contributed by atoms with Gasteiger partial charge in [-0.2, -0.15) is 0 Å². The molecule has 3 aromatic rings. The van der Waals surface area contributed by atoms with Gasteiger partial charge in [0.15, 0.2) is 0 Å². The maximum atomic E-state index is 13.0. The number of rotatable bonds is 6. The predicted molar refractivity (Wildman–Crippen MR) is 139 cm³/mol. The maximum absolute atomic E-state index is 13.0. The summed E-state index contributed by atoms with van der Waals surface area (Å²) in [6.45, 7) is 1.48. The maximum Gasteiger partial charge on any atom is 0.248 e. The van der Waals surface area contributed by atoms with Crippen molar-refractivity contribution < 1.29 is 9.59 Å². The largest absolute Gasteiger partial charge is 0.397 e. The van der Waals surface area contributed by atoms with Gasteiger partial charge in [0.05, 0.1) is 17.3 Å². The van der Waals surface area contributed by atoms with E-state index < -0.39 is 0 Å². The third kappa shape index (κ3) is 5.84. The van der Waals surface area contributed by atoms with Crippen LogP contribution in [-0.4, -0.2) is 36.9 Å². The molecule has 1 heterocycles. The molecule has 1 aliphatic heterocycles. The number of carbonyl (C=O) groups is 2. The number of para-hydroxylation sites is 2. The molecule has 0 aliphatic carbocycles. The lowest BCUT2D eigenvalue weighted by Gasteiger charge is -2.19. The number of nitrogens with one attached hydrogen (secondary N) is 2. The molecule has 0 bridgehead atoms. The normalized spacial score (nSPS) is 18.2. The van der Waals surface area contributed by atoms with E-state index in [1.165, 1.54) is 6.08 Å². The van der Waals surface area contributed by atoms with Crippen molar-refractivity contribution in [2.45, 2.75) is 5.92 Å². The zero-order valence-electron chi connectivity index (χ0n) is 18.9. The summed E-state index contributed by atoms with van der Waals surface area (Å²) in [5.41, 5.74) is 9.65. The van der Waals surface area contributed by atoms with E-state index in [1.54, 1.807) is 30.3 Å². The fraction of sp³-hybridized carbons (Fsp3) is 0.185. The molecule has 4 rings (SSSR count). The standard InChI is InChI=1S/C27H27ClN4O2/c1-32-16-22(23(17-32)27(34)30-21-6-4-5-20(28)15-21)19-12-9-18(10-13-19)11-14-26(33)31-25-8-3-2-7-24(25)29/h2-15,22-23H,16-17,29H2,1H3,(H,30,34)(H,31,33)/b14-11+. The highest BCUT2D eigenvalue weighted by atomic mass is 35.5. The van der Waals surface area contributed by atoms with Crippen LogP contribution in [0.5, 0.6) is 0 Å². The van der Waals surface area contributed by atoms with Crippen LogP contribution < -0.4 is 16.4 Å². The Hall–Kier alpha value is -3.61. The Balaban J connectivity index is 1.41. The Labute approximate surface area is 204 Å². The molecular weight excluding hydrogens is 448 g/mol. The number of amides is 2. The third-order valence-corrected chi connectivity index (χ3v) is 6.18. The zero-order valence-corrected chi connectivity index (χ0v) is 19.6. The molecule has 34 heavy (non-hydrogen) atoms. The lowest BCUT2D eigenvalue weighted by Crippen LogP contribution is -2.28. The number of likely N-dealkylation sites (N-methyl/N-ethyl adjacent to an activating group) is 1. The summed E-state index contributed by atoms with van der Waals surface area (Å²) in [5.74, 6) is -0.367. The fourth-order valence-corrected chi connectivity index (χ4v) is 4.41. The highest BCUT2D eigenvalue weighted by Crippen LogP contribution is 2.33. The molecule has 0 spiro atoms. The number of nitrogen functional groups attached to an aromatic ring is 1. The molecule has 0 saturated carbocycles. The van der Waals surface area contributed by atoms with E-state index in [-0.39, 0.29) is 23.7 Å². The van der Waals surface area contributed by atoms with E-state index in [0.717, 1.165) is 17.7 Å². The summed E-state index contributed by atoms with van der Waals surface area (Å²) in [6, 6.07) is 22.3. The molecule has 1 aliphatic rings. The Bertz CT molecular complexity index is 1210. The highest BCUT2D eigenvalue weighted by Gasteiger charge is 2.37. The average molecular weight is 475 g/mol. The van der Waals surface area contributed by atoms with Gasteiger partial charge in [-0.3, -0.25) is 9.59 Å². The fourth-order valence-electron chi connectivity index (χ4n) is 4.22. The minimum absolute atomic E-state index is 0.0163. The van der Waals surface area contributed by atoms with Gasteiger partial charge in [-0.15, -0.1) is 0 Å². The van der Waals surface area contributed by atoms with Crippen LogP contribution in [0.2, 0.25) is 5.02 Å². The summed E-state index contributed by atoms with van der Waals surface area (Å²) in [6.07, 6.45) is 3.23. The van der Waals surface area contributed by atoms with Gasteiger partial charge in [0.25, 0.3) is 0 Å². The van der Waals surface area contributed by atoms with Gasteiger partial charge < -0.3 is 21.3 Å². The van der Waals surface area contributed by atoms with Gasteiger partial charge in [-0.1, -0.05) is 54.1 Å². The molecule has 7 heteroatoms. The van der Waals surface area contributed by atoms with E-state index in [2.05, 4.69) is 15.5 Å².